The highest BCUT2D eigenvalue weighted by molar-refractivity contribution is 14.1. The number of nitrogens with one attached hydrogen (secondary N) is 1. The molecule has 0 bridgehead atoms. The number of halogens is 1. The summed E-state index contributed by atoms with van der Waals surface area (Å²) in [6, 6.07) is 8.39. The summed E-state index contributed by atoms with van der Waals surface area (Å²) in [5.41, 5.74) is 0.468. The number of hydrogen-bond donors (Lipinski definition) is 2. The van der Waals surface area contributed by atoms with Gasteiger partial charge in [-0.15, -0.1) is 0 Å². The molecule has 0 unspecified atom stereocenters. The smallest absolute Gasteiger partial charge is 0.341 e. The van der Waals surface area contributed by atoms with Gasteiger partial charge in [0.05, 0.1) is 9.26 Å². The van der Waals surface area contributed by atoms with E-state index >= 15 is 0 Å². The zero-order chi connectivity index (χ0) is 22.1. The Labute approximate surface area is 188 Å². The van der Waals surface area contributed by atoms with E-state index in [4.69, 9.17) is 19.3 Å². The standard InChI is InChI=1S/C20H13IN2O8/c21-13-6-10(1-3-14(13)29-8-17(24)25)5-12-18(26)22-20(28)23(19(12)27)11-2-4-15-16(7-11)31-9-30-15/h1-7H,8-9H2,(H,24,25)(H,22,26,28)/b12-5+. The Morgan fingerprint density at radius 3 is 2.68 bits per heavy atom. The summed E-state index contributed by atoms with van der Waals surface area (Å²) in [7, 11) is 0. The van der Waals surface area contributed by atoms with Gasteiger partial charge in [-0.05, 0) is 58.5 Å². The molecule has 0 saturated carbocycles. The number of urea groups is 1. The number of carboxylic acids is 1. The third-order valence-corrected chi connectivity index (χ3v) is 5.18. The van der Waals surface area contributed by atoms with Crippen molar-refractivity contribution < 1.29 is 38.5 Å². The van der Waals surface area contributed by atoms with Gasteiger partial charge in [-0.1, -0.05) is 6.07 Å². The predicted molar refractivity (Wildman–Crippen MR) is 114 cm³/mol. The lowest BCUT2D eigenvalue weighted by Gasteiger charge is -2.26. The number of fused-ring (bicyclic) bond motifs is 1. The molecule has 2 heterocycles. The summed E-state index contributed by atoms with van der Waals surface area (Å²) < 4.78 is 16.3. The molecule has 158 valence electrons. The molecule has 0 radical (unpaired) electrons. The van der Waals surface area contributed by atoms with Crippen molar-refractivity contribution in [3.8, 4) is 17.2 Å². The van der Waals surface area contributed by atoms with Crippen LogP contribution in [0.1, 0.15) is 5.56 Å². The SMILES string of the molecule is O=C(O)COc1ccc(/C=C2\C(=O)NC(=O)N(c3ccc4c(c3)OCO4)C2=O)cc1I. The van der Waals surface area contributed by atoms with Crippen LogP contribution in [0.5, 0.6) is 17.2 Å². The molecule has 2 aliphatic heterocycles. The maximum absolute atomic E-state index is 13.0. The second-order valence-corrected chi connectivity index (χ2v) is 7.53. The lowest BCUT2D eigenvalue weighted by Crippen LogP contribution is -2.54. The Bertz CT molecular complexity index is 1160. The lowest BCUT2D eigenvalue weighted by molar-refractivity contribution is -0.139. The number of amides is 4. The molecule has 31 heavy (non-hydrogen) atoms. The Morgan fingerprint density at radius 1 is 1.16 bits per heavy atom. The van der Waals surface area contributed by atoms with E-state index in [0.717, 1.165) is 4.90 Å². The monoisotopic (exact) mass is 536 g/mol. The van der Waals surface area contributed by atoms with Crippen molar-refractivity contribution in [3.05, 3.63) is 51.1 Å². The summed E-state index contributed by atoms with van der Waals surface area (Å²) >= 11 is 1.95. The van der Waals surface area contributed by atoms with E-state index in [1.54, 1.807) is 18.2 Å². The fraction of sp³-hybridized carbons (Fsp3) is 0.100. The van der Waals surface area contributed by atoms with Crippen LogP contribution in [0.3, 0.4) is 0 Å². The molecular formula is C20H13IN2O8. The molecule has 0 spiro atoms. The predicted octanol–water partition coefficient (Wildman–Crippen LogP) is 2.15. The molecule has 4 rings (SSSR count). The molecule has 2 aromatic rings. The largest absolute Gasteiger partial charge is 0.481 e. The van der Waals surface area contributed by atoms with E-state index in [9.17, 15) is 19.2 Å². The molecule has 10 nitrogen and oxygen atoms in total. The van der Waals surface area contributed by atoms with Gasteiger partial charge in [-0.2, -0.15) is 0 Å². The average molecular weight is 536 g/mol. The quantitative estimate of drug-likeness (QED) is 0.338. The molecule has 11 heteroatoms. The van der Waals surface area contributed by atoms with E-state index in [-0.39, 0.29) is 18.1 Å². The minimum absolute atomic E-state index is 0.0351. The van der Waals surface area contributed by atoms with Gasteiger partial charge in [-0.3, -0.25) is 14.9 Å². The normalized spacial score (nSPS) is 16.5. The van der Waals surface area contributed by atoms with Crippen LogP contribution in [-0.4, -0.2) is 42.3 Å². The highest BCUT2D eigenvalue weighted by Crippen LogP contribution is 2.36. The van der Waals surface area contributed by atoms with Crippen LogP contribution in [0.2, 0.25) is 0 Å². The maximum atomic E-state index is 13.0. The molecule has 2 aromatic carbocycles. The molecular weight excluding hydrogens is 523 g/mol. The fourth-order valence-corrected chi connectivity index (χ4v) is 3.64. The molecule has 0 aromatic heterocycles. The number of carbonyl (C=O) groups is 4. The van der Waals surface area contributed by atoms with Gasteiger partial charge in [0.2, 0.25) is 6.79 Å². The molecule has 1 fully saturated rings. The first-order valence-electron chi connectivity index (χ1n) is 8.79. The van der Waals surface area contributed by atoms with Crippen LogP contribution < -0.4 is 24.4 Å². The summed E-state index contributed by atoms with van der Waals surface area (Å²) in [5.74, 6) is -1.52. The number of carboxylic acid groups (broad SMARTS) is 1. The Hall–Kier alpha value is -3.61. The van der Waals surface area contributed by atoms with E-state index in [0.29, 0.717) is 26.4 Å². The molecule has 4 amide bonds. The van der Waals surface area contributed by atoms with Gasteiger partial charge in [0.25, 0.3) is 11.8 Å². The van der Waals surface area contributed by atoms with Gasteiger partial charge >= 0.3 is 12.0 Å². The topological polar surface area (TPSA) is 131 Å². The minimum Gasteiger partial charge on any atom is -0.481 e. The second-order valence-electron chi connectivity index (χ2n) is 6.37. The summed E-state index contributed by atoms with van der Waals surface area (Å²) in [6.45, 7) is -0.461. The third-order valence-electron chi connectivity index (χ3n) is 4.33. The zero-order valence-corrected chi connectivity index (χ0v) is 17.7. The van der Waals surface area contributed by atoms with Gasteiger partial charge in [-0.25, -0.2) is 14.5 Å². The third kappa shape index (κ3) is 4.17. The Kier molecular flexibility index (Phi) is 5.50. The van der Waals surface area contributed by atoms with Gasteiger partial charge in [0, 0.05) is 6.07 Å². The Morgan fingerprint density at radius 2 is 1.94 bits per heavy atom. The van der Waals surface area contributed by atoms with Gasteiger partial charge in [0.1, 0.15) is 11.3 Å². The summed E-state index contributed by atoms with van der Waals surface area (Å²) in [5, 5.41) is 10.9. The number of imide groups is 2. The number of ether oxygens (including phenoxy) is 3. The first-order chi connectivity index (χ1) is 14.8. The molecule has 2 N–H and O–H groups in total. The lowest BCUT2D eigenvalue weighted by atomic mass is 10.1. The zero-order valence-electron chi connectivity index (χ0n) is 15.6. The highest BCUT2D eigenvalue weighted by Gasteiger charge is 2.37. The van der Waals surface area contributed by atoms with E-state index in [2.05, 4.69) is 5.32 Å². The number of anilines is 1. The number of benzene rings is 2. The minimum atomic E-state index is -1.11. The van der Waals surface area contributed by atoms with Crippen LogP contribution in [0.4, 0.5) is 10.5 Å². The van der Waals surface area contributed by atoms with Crippen molar-refractivity contribution in [1.82, 2.24) is 5.32 Å². The van der Waals surface area contributed by atoms with Crippen LogP contribution in [-0.2, 0) is 14.4 Å². The summed E-state index contributed by atoms with van der Waals surface area (Å²) in [4.78, 5) is 49.2. The molecule has 0 atom stereocenters. The van der Waals surface area contributed by atoms with Gasteiger partial charge < -0.3 is 19.3 Å². The fourth-order valence-electron chi connectivity index (χ4n) is 2.95. The number of hydrogen-bond acceptors (Lipinski definition) is 7. The number of nitrogens with zero attached hydrogens (tertiary/aromatic N) is 1. The second kappa shape index (κ2) is 8.26. The van der Waals surface area contributed by atoms with Crippen LogP contribution >= 0.6 is 22.6 Å². The first kappa shape index (κ1) is 20.7. The average Bonchev–Trinajstić information content (AvgIpc) is 3.18. The van der Waals surface area contributed by atoms with Crippen molar-refractivity contribution in [3.63, 3.8) is 0 Å². The molecule has 0 aliphatic carbocycles. The number of barbiturate groups is 1. The van der Waals surface area contributed by atoms with Crippen LogP contribution in [0.15, 0.2) is 42.0 Å². The van der Waals surface area contributed by atoms with Crippen molar-refractivity contribution in [2.75, 3.05) is 18.3 Å². The molecule has 2 aliphatic rings. The molecule has 1 saturated heterocycles. The van der Waals surface area contributed by atoms with E-state index in [1.807, 2.05) is 22.6 Å². The van der Waals surface area contributed by atoms with E-state index in [1.165, 1.54) is 24.3 Å². The van der Waals surface area contributed by atoms with Crippen LogP contribution in [0.25, 0.3) is 6.08 Å². The first-order valence-corrected chi connectivity index (χ1v) is 9.86. The van der Waals surface area contributed by atoms with E-state index < -0.39 is 30.4 Å². The van der Waals surface area contributed by atoms with Crippen molar-refractivity contribution in [2.24, 2.45) is 0 Å². The summed E-state index contributed by atoms with van der Waals surface area (Å²) in [6.07, 6.45) is 1.34. The van der Waals surface area contributed by atoms with Gasteiger partial charge in [0.15, 0.2) is 18.1 Å². The highest BCUT2D eigenvalue weighted by atomic mass is 127. The van der Waals surface area contributed by atoms with Crippen LogP contribution in [0, 0.1) is 3.57 Å². The Balaban J connectivity index is 1.63. The number of carbonyl (C=O) groups excluding carboxylic acids is 3. The maximum Gasteiger partial charge on any atom is 0.341 e. The van der Waals surface area contributed by atoms with Crippen molar-refractivity contribution >= 4 is 58.2 Å². The van der Waals surface area contributed by atoms with Crippen molar-refractivity contribution in [2.45, 2.75) is 0 Å². The number of aliphatic carboxylic acids is 1. The van der Waals surface area contributed by atoms with Crippen molar-refractivity contribution in [1.29, 1.82) is 0 Å². The number of rotatable bonds is 5.